The molecule has 0 heterocycles. The first-order valence-corrected chi connectivity index (χ1v) is 3.79. The molecule has 0 fully saturated rings. The highest BCUT2D eigenvalue weighted by Crippen LogP contribution is 2.29. The molecule has 0 saturated carbocycles. The molecule has 0 spiro atoms. The Kier molecular flexibility index (Phi) is 3.13. The molecule has 6 heteroatoms. The van der Waals surface area contributed by atoms with E-state index in [2.05, 4.69) is 4.74 Å². The molecule has 0 aromatic rings. The van der Waals surface area contributed by atoms with E-state index in [1.165, 1.54) is 6.08 Å². The van der Waals surface area contributed by atoms with Gasteiger partial charge in [0.05, 0.1) is 0 Å². The Labute approximate surface area is 76.9 Å². The number of ether oxygens (including phenoxy) is 1. The minimum Gasteiger partial charge on any atom is -0.429 e. The lowest BCUT2D eigenvalue weighted by molar-refractivity contribution is -0.280. The topological polar surface area (TPSA) is 9.23 Å². The van der Waals surface area contributed by atoms with Gasteiger partial charge >= 0.3 is 12.5 Å². The van der Waals surface area contributed by atoms with Gasteiger partial charge < -0.3 is 4.74 Å². The average Bonchev–Trinajstić information content (AvgIpc) is 2.02. The van der Waals surface area contributed by atoms with Crippen LogP contribution in [0.4, 0.5) is 22.0 Å². The van der Waals surface area contributed by atoms with Crippen molar-refractivity contribution in [2.75, 3.05) is 0 Å². The molecule has 1 nitrogen and oxygen atoms in total. The first kappa shape index (κ1) is 11.0. The summed E-state index contributed by atoms with van der Waals surface area (Å²) in [5, 5.41) is 0. The summed E-state index contributed by atoms with van der Waals surface area (Å²) in [5.41, 5.74) is 0. The Balaban J connectivity index is 2.64. The molecule has 80 valence electrons. The average molecular weight is 214 g/mol. The minimum absolute atomic E-state index is 0.0348. The zero-order valence-corrected chi connectivity index (χ0v) is 6.89. The van der Waals surface area contributed by atoms with E-state index in [9.17, 15) is 22.0 Å². The number of hydrogen-bond donors (Lipinski definition) is 0. The quantitative estimate of drug-likeness (QED) is 0.656. The lowest BCUT2D eigenvalue weighted by Crippen LogP contribution is -2.30. The number of alkyl halides is 5. The minimum atomic E-state index is -4.58. The third-order valence-electron chi connectivity index (χ3n) is 1.50. The molecule has 1 aliphatic rings. The Bertz CT molecular complexity index is 258. The van der Waals surface area contributed by atoms with E-state index in [0.717, 1.165) is 12.2 Å². The monoisotopic (exact) mass is 214 g/mol. The van der Waals surface area contributed by atoms with Crippen LogP contribution in [0.15, 0.2) is 24.0 Å². The number of rotatable bonds is 3. The highest BCUT2D eigenvalue weighted by molar-refractivity contribution is 5.19. The summed E-state index contributed by atoms with van der Waals surface area (Å²) < 4.78 is 64.1. The normalized spacial score (nSPS) is 22.4. The summed E-state index contributed by atoms with van der Waals surface area (Å²) in [6, 6.07) is 0. The van der Waals surface area contributed by atoms with Crippen molar-refractivity contribution in [2.24, 2.45) is 0 Å². The summed E-state index contributed by atoms with van der Waals surface area (Å²) >= 11 is 0. The van der Waals surface area contributed by atoms with Crippen LogP contribution in [0.2, 0.25) is 0 Å². The van der Waals surface area contributed by atoms with Gasteiger partial charge in [0.15, 0.2) is 0 Å². The van der Waals surface area contributed by atoms with E-state index < -0.39 is 24.5 Å². The van der Waals surface area contributed by atoms with Crippen molar-refractivity contribution in [3.05, 3.63) is 24.0 Å². The maximum Gasteiger partial charge on any atom is 0.461 e. The number of halogens is 5. The summed E-state index contributed by atoms with van der Waals surface area (Å²) in [6.07, 6.45) is -6.94. The van der Waals surface area contributed by atoms with Crippen LogP contribution in [0.25, 0.3) is 0 Å². The summed E-state index contributed by atoms with van der Waals surface area (Å²) in [5.74, 6) is -0.575. The molecule has 0 amide bonds. The molecule has 0 bridgehead atoms. The molecule has 1 atom stereocenters. The van der Waals surface area contributed by atoms with Gasteiger partial charge in [-0.05, 0) is 12.2 Å². The Morgan fingerprint density at radius 1 is 1.43 bits per heavy atom. The lowest BCUT2D eigenvalue weighted by atomic mass is 10.1. The second-order valence-corrected chi connectivity index (χ2v) is 2.69. The highest BCUT2D eigenvalue weighted by atomic mass is 19.3. The largest absolute Gasteiger partial charge is 0.461 e. The van der Waals surface area contributed by atoms with Crippen LogP contribution in [-0.2, 0) is 4.74 Å². The predicted octanol–water partition coefficient (Wildman–Crippen LogP) is 3.04. The molecular weight excluding hydrogens is 207 g/mol. The van der Waals surface area contributed by atoms with Crippen molar-refractivity contribution in [1.29, 1.82) is 0 Å². The van der Waals surface area contributed by atoms with Crippen LogP contribution in [0, 0.1) is 0 Å². The van der Waals surface area contributed by atoms with E-state index >= 15 is 0 Å². The van der Waals surface area contributed by atoms with Crippen LogP contribution >= 0.6 is 0 Å². The van der Waals surface area contributed by atoms with Gasteiger partial charge in [0.25, 0.3) is 0 Å². The number of hydrogen-bond acceptors (Lipinski definition) is 1. The van der Waals surface area contributed by atoms with Crippen molar-refractivity contribution < 1.29 is 26.7 Å². The van der Waals surface area contributed by atoms with E-state index in [-0.39, 0.29) is 6.42 Å². The lowest BCUT2D eigenvalue weighted by Gasteiger charge is -2.19. The van der Waals surface area contributed by atoms with Gasteiger partial charge in [-0.15, -0.1) is 0 Å². The van der Waals surface area contributed by atoms with Crippen LogP contribution in [-0.4, -0.2) is 18.7 Å². The molecule has 1 unspecified atom stereocenters. The Morgan fingerprint density at radius 3 is 2.57 bits per heavy atom. The first-order chi connectivity index (χ1) is 6.42. The standard InChI is InChI=1S/C8H7F5O/c9-5-2-1-3-6(4-5)14-8(12,13)7(10)11/h1,3-5,7H,2H2. The van der Waals surface area contributed by atoms with Gasteiger partial charge in [-0.2, -0.15) is 17.6 Å². The van der Waals surface area contributed by atoms with Crippen LogP contribution in [0.5, 0.6) is 0 Å². The van der Waals surface area contributed by atoms with Crippen molar-refractivity contribution in [1.82, 2.24) is 0 Å². The van der Waals surface area contributed by atoms with Crippen molar-refractivity contribution in [2.45, 2.75) is 25.1 Å². The maximum absolute atomic E-state index is 12.6. The van der Waals surface area contributed by atoms with E-state index in [1.54, 1.807) is 0 Å². The third-order valence-corrected chi connectivity index (χ3v) is 1.50. The summed E-state index contributed by atoms with van der Waals surface area (Å²) in [6.45, 7) is 0. The Morgan fingerprint density at radius 2 is 2.07 bits per heavy atom. The van der Waals surface area contributed by atoms with Crippen molar-refractivity contribution >= 4 is 0 Å². The Hall–Kier alpha value is -1.07. The van der Waals surface area contributed by atoms with Gasteiger partial charge in [-0.25, -0.2) is 4.39 Å². The summed E-state index contributed by atoms with van der Waals surface area (Å²) in [7, 11) is 0. The fourth-order valence-electron chi connectivity index (χ4n) is 0.886. The molecule has 0 radical (unpaired) electrons. The molecule has 0 aromatic heterocycles. The molecule has 1 aliphatic carbocycles. The van der Waals surface area contributed by atoms with Crippen LogP contribution in [0.1, 0.15) is 6.42 Å². The second-order valence-electron chi connectivity index (χ2n) is 2.69. The van der Waals surface area contributed by atoms with E-state index in [4.69, 9.17) is 0 Å². The van der Waals surface area contributed by atoms with Gasteiger partial charge in [0.1, 0.15) is 11.9 Å². The molecule has 0 N–H and O–H groups in total. The molecule has 0 aliphatic heterocycles. The zero-order valence-electron chi connectivity index (χ0n) is 6.89. The number of allylic oxidation sites excluding steroid dienone is 3. The van der Waals surface area contributed by atoms with E-state index in [0.29, 0.717) is 0 Å². The fraction of sp³-hybridized carbons (Fsp3) is 0.500. The third kappa shape index (κ3) is 2.71. The van der Waals surface area contributed by atoms with Crippen LogP contribution < -0.4 is 0 Å². The second kappa shape index (κ2) is 3.98. The smallest absolute Gasteiger partial charge is 0.429 e. The predicted molar refractivity (Wildman–Crippen MR) is 38.8 cm³/mol. The fourth-order valence-corrected chi connectivity index (χ4v) is 0.886. The van der Waals surface area contributed by atoms with Gasteiger partial charge in [-0.3, -0.25) is 0 Å². The van der Waals surface area contributed by atoms with Gasteiger partial charge in [0.2, 0.25) is 0 Å². The highest BCUT2D eigenvalue weighted by Gasteiger charge is 2.44. The maximum atomic E-state index is 12.6. The zero-order chi connectivity index (χ0) is 10.8. The molecule has 0 saturated heterocycles. The van der Waals surface area contributed by atoms with Crippen LogP contribution in [0.3, 0.4) is 0 Å². The SMILES string of the molecule is FC1C=C(OC(F)(F)C(F)F)C=CC1. The van der Waals surface area contributed by atoms with Crippen molar-refractivity contribution in [3.8, 4) is 0 Å². The summed E-state index contributed by atoms with van der Waals surface area (Å²) in [4.78, 5) is 0. The molecule has 1 rings (SSSR count). The van der Waals surface area contributed by atoms with E-state index in [1.807, 2.05) is 0 Å². The van der Waals surface area contributed by atoms with Gasteiger partial charge in [0, 0.05) is 6.42 Å². The molecule has 0 aromatic carbocycles. The molecular formula is C8H7F5O. The van der Waals surface area contributed by atoms with Gasteiger partial charge in [-0.1, -0.05) is 6.08 Å². The first-order valence-electron chi connectivity index (χ1n) is 3.79. The molecule has 14 heavy (non-hydrogen) atoms. The van der Waals surface area contributed by atoms with Crippen molar-refractivity contribution in [3.63, 3.8) is 0 Å².